The number of aliphatic hydroxyl groups excluding tert-OH is 1. The number of pyridine rings is 2. The molecule has 0 amide bonds. The van der Waals surface area contributed by atoms with Crippen LogP contribution in [-0.2, 0) is 22.7 Å². The topological polar surface area (TPSA) is 126 Å². The molecule has 3 N–H and O–H groups in total. The van der Waals surface area contributed by atoms with Gasteiger partial charge in [-0.1, -0.05) is 12.1 Å². The third kappa shape index (κ3) is 2.49. The van der Waals surface area contributed by atoms with Crippen LogP contribution in [0.4, 0.5) is 5.69 Å². The number of aliphatic hydroxyl groups is 1. The minimum atomic E-state index is -1.51. The summed E-state index contributed by atoms with van der Waals surface area (Å²) in [5, 5.41) is 11.2. The van der Waals surface area contributed by atoms with Gasteiger partial charge in [-0.05, 0) is 35.4 Å². The average molecular weight is 455 g/mol. The fourth-order valence-corrected chi connectivity index (χ4v) is 5.04. The van der Waals surface area contributed by atoms with E-state index in [1.54, 1.807) is 10.6 Å². The number of cyclic esters (lactones) is 1. The van der Waals surface area contributed by atoms with Gasteiger partial charge in [0.25, 0.3) is 5.56 Å². The summed E-state index contributed by atoms with van der Waals surface area (Å²) in [6, 6.07) is 12.9. The van der Waals surface area contributed by atoms with Crippen LogP contribution in [0.15, 0.2) is 47.3 Å². The summed E-state index contributed by atoms with van der Waals surface area (Å²) >= 11 is 0. The van der Waals surface area contributed by atoms with Crippen molar-refractivity contribution in [1.82, 2.24) is 9.55 Å². The Labute approximate surface area is 191 Å². The summed E-state index contributed by atoms with van der Waals surface area (Å²) in [5.41, 5.74) is 11.4. The normalized spacial score (nSPS) is 17.3. The number of nitrogen functional groups attached to an aromatic ring is 1. The molecule has 0 radical (unpaired) electrons. The summed E-state index contributed by atoms with van der Waals surface area (Å²) in [6.07, 6.45) is -1.51. The zero-order valence-electron chi connectivity index (χ0n) is 17.7. The number of anilines is 1. The van der Waals surface area contributed by atoms with E-state index in [0.29, 0.717) is 34.1 Å². The number of ether oxygens (including phenoxy) is 3. The lowest BCUT2D eigenvalue weighted by atomic mass is 9.93. The first-order chi connectivity index (χ1) is 16.5. The van der Waals surface area contributed by atoms with E-state index in [4.69, 9.17) is 24.9 Å². The molecular formula is C25H17N3O6. The largest absolute Gasteiger partial charge is 0.458 e. The molecule has 9 heteroatoms. The van der Waals surface area contributed by atoms with Crippen molar-refractivity contribution in [1.29, 1.82) is 0 Å². The molecule has 0 saturated carbocycles. The Morgan fingerprint density at radius 1 is 1.03 bits per heavy atom. The lowest BCUT2D eigenvalue weighted by Crippen LogP contribution is -2.32. The lowest BCUT2D eigenvalue weighted by Gasteiger charge is -2.21. The van der Waals surface area contributed by atoms with E-state index >= 15 is 0 Å². The highest BCUT2D eigenvalue weighted by atomic mass is 16.7. The maximum atomic E-state index is 13.4. The average Bonchev–Trinajstić information content (AvgIpc) is 3.43. The van der Waals surface area contributed by atoms with Crippen molar-refractivity contribution in [2.24, 2.45) is 0 Å². The van der Waals surface area contributed by atoms with Gasteiger partial charge in [-0.3, -0.25) is 4.79 Å². The molecule has 0 spiro atoms. The number of fused-ring (bicyclic) bond motifs is 6. The highest BCUT2D eigenvalue weighted by molar-refractivity contribution is 6.01. The first-order valence-corrected chi connectivity index (χ1v) is 10.7. The van der Waals surface area contributed by atoms with Crippen LogP contribution < -0.4 is 20.8 Å². The number of aromatic nitrogens is 2. The highest BCUT2D eigenvalue weighted by Gasteiger charge is 2.35. The van der Waals surface area contributed by atoms with Gasteiger partial charge < -0.3 is 29.6 Å². The van der Waals surface area contributed by atoms with Crippen LogP contribution in [0.2, 0.25) is 0 Å². The van der Waals surface area contributed by atoms with Crippen LogP contribution in [0.25, 0.3) is 33.4 Å². The van der Waals surface area contributed by atoms with E-state index in [1.165, 1.54) is 0 Å². The Kier molecular flexibility index (Phi) is 3.70. The van der Waals surface area contributed by atoms with E-state index in [0.717, 1.165) is 22.1 Å². The number of carbonyl (C=O) groups excluding carboxylic acids is 1. The summed E-state index contributed by atoms with van der Waals surface area (Å²) in [6.45, 7) is 0.249. The van der Waals surface area contributed by atoms with Crippen molar-refractivity contribution in [3.63, 3.8) is 0 Å². The zero-order valence-corrected chi connectivity index (χ0v) is 17.7. The molecule has 0 bridgehead atoms. The molecule has 2 aromatic carbocycles. The van der Waals surface area contributed by atoms with Crippen molar-refractivity contribution in [2.75, 3.05) is 12.5 Å². The van der Waals surface area contributed by atoms with Gasteiger partial charge in [0.1, 0.15) is 6.61 Å². The van der Waals surface area contributed by atoms with Crippen molar-refractivity contribution in [3.8, 4) is 34.0 Å². The molecule has 2 aromatic heterocycles. The van der Waals surface area contributed by atoms with Gasteiger partial charge in [-0.15, -0.1) is 0 Å². The van der Waals surface area contributed by atoms with Gasteiger partial charge in [0.2, 0.25) is 6.79 Å². The molecule has 3 aliphatic heterocycles. The van der Waals surface area contributed by atoms with Crippen LogP contribution >= 0.6 is 0 Å². The SMILES string of the molecule is Nc1cccc(-c2c3c(nc4cc5c(cc24)OCO5)-c2cc4c(c(=O)n2C3)COC(=O)C4O)c1. The number of esters is 1. The maximum absolute atomic E-state index is 13.4. The second kappa shape index (κ2) is 6.58. The summed E-state index contributed by atoms with van der Waals surface area (Å²) in [7, 11) is 0. The molecule has 5 heterocycles. The van der Waals surface area contributed by atoms with E-state index in [1.807, 2.05) is 36.4 Å². The molecule has 0 aliphatic carbocycles. The standard InChI is InChI=1S/C25H17N3O6/c26-12-3-1-2-11(4-12)21-14-6-19-20(34-10-33-19)7-17(14)27-22-15(21)8-28-18(22)5-13-16(24(28)30)9-32-25(31)23(13)29/h1-7,23,29H,8-10,26H2. The number of nitrogens with two attached hydrogens (primary N) is 1. The molecule has 0 saturated heterocycles. The van der Waals surface area contributed by atoms with E-state index in [2.05, 4.69) is 0 Å². The van der Waals surface area contributed by atoms with Crippen molar-refractivity contribution in [3.05, 3.63) is 69.5 Å². The van der Waals surface area contributed by atoms with E-state index in [9.17, 15) is 14.7 Å². The number of nitrogens with zero attached hydrogens (tertiary/aromatic N) is 2. The summed E-state index contributed by atoms with van der Waals surface area (Å²) in [5.74, 6) is 0.452. The molecule has 3 aliphatic rings. The maximum Gasteiger partial charge on any atom is 0.340 e. The van der Waals surface area contributed by atoms with Crippen molar-refractivity contribution in [2.45, 2.75) is 19.3 Å². The van der Waals surface area contributed by atoms with E-state index < -0.39 is 12.1 Å². The Morgan fingerprint density at radius 2 is 1.85 bits per heavy atom. The van der Waals surface area contributed by atoms with Gasteiger partial charge in [0.15, 0.2) is 17.6 Å². The number of benzene rings is 2. The monoisotopic (exact) mass is 455 g/mol. The van der Waals surface area contributed by atoms with Gasteiger partial charge in [-0.25, -0.2) is 9.78 Å². The molecule has 4 aromatic rings. The third-order valence-electron chi connectivity index (χ3n) is 6.63. The molecule has 9 nitrogen and oxygen atoms in total. The molecular weight excluding hydrogens is 438 g/mol. The summed E-state index contributed by atoms with van der Waals surface area (Å²) < 4.78 is 17.8. The Balaban J connectivity index is 1.57. The van der Waals surface area contributed by atoms with Crippen LogP contribution in [0.1, 0.15) is 22.8 Å². The first-order valence-electron chi connectivity index (χ1n) is 10.7. The van der Waals surface area contributed by atoms with Gasteiger partial charge in [0.05, 0.1) is 29.0 Å². The minimum absolute atomic E-state index is 0.136. The number of hydrogen-bond donors (Lipinski definition) is 2. The van der Waals surface area contributed by atoms with Gasteiger partial charge in [-0.2, -0.15) is 0 Å². The highest BCUT2D eigenvalue weighted by Crippen LogP contribution is 2.45. The van der Waals surface area contributed by atoms with Gasteiger partial charge in [0, 0.05) is 28.3 Å². The van der Waals surface area contributed by atoms with Crippen LogP contribution in [0.3, 0.4) is 0 Å². The summed E-state index contributed by atoms with van der Waals surface area (Å²) in [4.78, 5) is 30.2. The van der Waals surface area contributed by atoms with Crippen molar-refractivity contribution >= 4 is 22.6 Å². The predicted molar refractivity (Wildman–Crippen MR) is 121 cm³/mol. The first kappa shape index (κ1) is 19.1. The fraction of sp³-hybridized carbons (Fsp3) is 0.160. The minimum Gasteiger partial charge on any atom is -0.458 e. The third-order valence-corrected chi connectivity index (χ3v) is 6.63. The second-order valence-corrected chi connectivity index (χ2v) is 8.53. The molecule has 0 fully saturated rings. The lowest BCUT2D eigenvalue weighted by molar-refractivity contribution is -0.157. The Morgan fingerprint density at radius 3 is 2.68 bits per heavy atom. The smallest absolute Gasteiger partial charge is 0.340 e. The van der Waals surface area contributed by atoms with Crippen LogP contribution in [0, 0.1) is 0 Å². The van der Waals surface area contributed by atoms with Crippen LogP contribution in [0.5, 0.6) is 11.5 Å². The zero-order chi connectivity index (χ0) is 23.1. The fourth-order valence-electron chi connectivity index (χ4n) is 5.04. The Bertz CT molecular complexity index is 1640. The number of hydrogen-bond acceptors (Lipinski definition) is 8. The van der Waals surface area contributed by atoms with E-state index in [-0.39, 0.29) is 36.6 Å². The van der Waals surface area contributed by atoms with Gasteiger partial charge >= 0.3 is 5.97 Å². The molecule has 1 unspecified atom stereocenters. The number of carbonyl (C=O) groups is 1. The Hall–Kier alpha value is -4.37. The molecule has 168 valence electrons. The molecule has 7 rings (SSSR count). The quantitative estimate of drug-likeness (QED) is 0.292. The van der Waals surface area contributed by atoms with Crippen molar-refractivity contribution < 1.29 is 24.1 Å². The number of rotatable bonds is 1. The van der Waals surface area contributed by atoms with Crippen LogP contribution in [-0.4, -0.2) is 27.4 Å². The second-order valence-electron chi connectivity index (χ2n) is 8.53. The molecule has 34 heavy (non-hydrogen) atoms. The molecule has 1 atom stereocenters. The predicted octanol–water partition coefficient (Wildman–Crippen LogP) is 2.49.